The third-order valence-electron chi connectivity index (χ3n) is 2.60. The lowest BCUT2D eigenvalue weighted by molar-refractivity contribution is 0.0535. The van der Waals surface area contributed by atoms with E-state index in [2.05, 4.69) is 23.2 Å². The molecule has 0 radical (unpaired) electrons. The van der Waals surface area contributed by atoms with Gasteiger partial charge in [0.05, 0.1) is 18.2 Å². The highest BCUT2D eigenvalue weighted by Crippen LogP contribution is 2.15. The van der Waals surface area contributed by atoms with E-state index in [0.717, 1.165) is 16.7 Å². The summed E-state index contributed by atoms with van der Waals surface area (Å²) in [5, 5.41) is 11.5. The number of carbonyl (C=O) groups is 1. The molecule has 0 bridgehead atoms. The van der Waals surface area contributed by atoms with Crippen molar-refractivity contribution in [2.24, 2.45) is 0 Å². The van der Waals surface area contributed by atoms with Crippen LogP contribution in [0, 0.1) is 37.0 Å². The zero-order valence-corrected chi connectivity index (χ0v) is 13.1. The largest absolute Gasteiger partial charge is 0.444 e. The molecule has 0 aliphatic rings. The number of ether oxygens (including phenoxy) is 1. The summed E-state index contributed by atoms with van der Waals surface area (Å²) in [5.74, 6) is 5.91. The minimum atomic E-state index is -0.516. The van der Waals surface area contributed by atoms with Gasteiger partial charge in [-0.15, -0.1) is 0 Å². The van der Waals surface area contributed by atoms with Gasteiger partial charge in [-0.1, -0.05) is 11.8 Å². The third-order valence-corrected chi connectivity index (χ3v) is 2.60. The second-order valence-corrected chi connectivity index (χ2v) is 5.75. The van der Waals surface area contributed by atoms with Crippen molar-refractivity contribution < 1.29 is 9.53 Å². The molecule has 4 nitrogen and oxygen atoms in total. The molecule has 21 heavy (non-hydrogen) atoms. The van der Waals surface area contributed by atoms with E-state index in [4.69, 9.17) is 10.00 Å². The molecule has 0 unspecified atom stereocenters. The van der Waals surface area contributed by atoms with E-state index in [1.54, 1.807) is 12.1 Å². The van der Waals surface area contributed by atoms with Crippen LogP contribution in [-0.2, 0) is 4.74 Å². The monoisotopic (exact) mass is 284 g/mol. The summed E-state index contributed by atoms with van der Waals surface area (Å²) in [5.41, 5.74) is 2.91. The number of carbonyl (C=O) groups excluding carboxylic acids is 1. The summed E-state index contributed by atoms with van der Waals surface area (Å²) >= 11 is 0. The summed E-state index contributed by atoms with van der Waals surface area (Å²) in [6, 6.07) is 5.73. The van der Waals surface area contributed by atoms with Crippen LogP contribution in [0.3, 0.4) is 0 Å². The molecule has 0 fully saturated rings. The minimum absolute atomic E-state index is 0.216. The fraction of sp³-hybridized carbons (Fsp3) is 0.412. The van der Waals surface area contributed by atoms with Crippen molar-refractivity contribution in [2.45, 2.75) is 40.2 Å². The summed E-state index contributed by atoms with van der Waals surface area (Å²) in [4.78, 5) is 11.5. The first-order valence-corrected chi connectivity index (χ1v) is 6.70. The zero-order valence-electron chi connectivity index (χ0n) is 13.1. The fourth-order valence-corrected chi connectivity index (χ4v) is 1.79. The van der Waals surface area contributed by atoms with Crippen LogP contribution in [0.25, 0.3) is 0 Å². The predicted molar refractivity (Wildman–Crippen MR) is 81.7 cm³/mol. The van der Waals surface area contributed by atoms with Crippen LogP contribution in [0.2, 0.25) is 0 Å². The fourth-order valence-electron chi connectivity index (χ4n) is 1.79. The second kappa shape index (κ2) is 6.81. The maximum absolute atomic E-state index is 11.5. The van der Waals surface area contributed by atoms with Crippen molar-refractivity contribution in [3.8, 4) is 17.9 Å². The number of nitrogens with zero attached hydrogens (tertiary/aromatic N) is 1. The van der Waals surface area contributed by atoms with Gasteiger partial charge in [-0.05, 0) is 57.9 Å². The van der Waals surface area contributed by atoms with E-state index in [0.29, 0.717) is 5.56 Å². The molecule has 0 saturated carbocycles. The van der Waals surface area contributed by atoms with Crippen LogP contribution in [0.15, 0.2) is 12.1 Å². The minimum Gasteiger partial charge on any atom is -0.444 e. The Labute approximate surface area is 126 Å². The molecule has 1 amide bonds. The Kier molecular flexibility index (Phi) is 5.38. The molecule has 0 aliphatic carbocycles. The van der Waals surface area contributed by atoms with E-state index in [1.807, 2.05) is 34.6 Å². The number of hydrogen-bond acceptors (Lipinski definition) is 3. The Hall–Kier alpha value is -2.46. The first-order chi connectivity index (χ1) is 9.73. The van der Waals surface area contributed by atoms with Gasteiger partial charge in [0, 0.05) is 5.56 Å². The Balaban J connectivity index is 2.69. The summed E-state index contributed by atoms with van der Waals surface area (Å²) < 4.78 is 5.11. The lowest BCUT2D eigenvalue weighted by Gasteiger charge is -2.19. The Morgan fingerprint density at radius 2 is 1.86 bits per heavy atom. The molecule has 0 atom stereocenters. The standard InChI is InChI=1S/C17H20N2O2/c1-12-9-14(11-18)10-13(2)15(12)7-6-8-19-16(20)21-17(3,4)5/h9-10H,8H2,1-5H3,(H,19,20). The van der Waals surface area contributed by atoms with Crippen molar-refractivity contribution in [2.75, 3.05) is 6.54 Å². The maximum atomic E-state index is 11.5. The number of amides is 1. The highest BCUT2D eigenvalue weighted by Gasteiger charge is 2.15. The SMILES string of the molecule is Cc1cc(C#N)cc(C)c1C#CCNC(=O)OC(C)(C)C. The van der Waals surface area contributed by atoms with Gasteiger partial charge in [0.2, 0.25) is 0 Å². The van der Waals surface area contributed by atoms with Gasteiger partial charge in [-0.3, -0.25) is 0 Å². The van der Waals surface area contributed by atoms with Crippen LogP contribution < -0.4 is 5.32 Å². The molecule has 0 aromatic heterocycles. The van der Waals surface area contributed by atoms with Gasteiger partial charge in [-0.2, -0.15) is 5.26 Å². The van der Waals surface area contributed by atoms with Gasteiger partial charge in [0.1, 0.15) is 5.60 Å². The average Bonchev–Trinajstić information content (AvgIpc) is 2.34. The number of nitriles is 1. The predicted octanol–water partition coefficient (Wildman–Crippen LogP) is 3.05. The number of hydrogen-bond donors (Lipinski definition) is 1. The van der Waals surface area contributed by atoms with Crippen molar-refractivity contribution >= 4 is 6.09 Å². The number of aryl methyl sites for hydroxylation is 2. The van der Waals surface area contributed by atoms with Gasteiger partial charge >= 0.3 is 6.09 Å². The first kappa shape index (κ1) is 16.6. The van der Waals surface area contributed by atoms with Crippen molar-refractivity contribution in [1.82, 2.24) is 5.32 Å². The van der Waals surface area contributed by atoms with Gasteiger partial charge in [0.25, 0.3) is 0 Å². The molecule has 1 rings (SSSR count). The molecule has 0 aliphatic heterocycles. The van der Waals surface area contributed by atoms with Crippen molar-refractivity contribution in [3.05, 3.63) is 34.4 Å². The summed E-state index contributed by atoms with van der Waals surface area (Å²) in [6.07, 6.45) is -0.481. The summed E-state index contributed by atoms with van der Waals surface area (Å²) in [6.45, 7) is 9.47. The Morgan fingerprint density at radius 1 is 1.29 bits per heavy atom. The van der Waals surface area contributed by atoms with Crippen molar-refractivity contribution in [3.63, 3.8) is 0 Å². The topological polar surface area (TPSA) is 62.1 Å². The molecule has 1 N–H and O–H groups in total. The average molecular weight is 284 g/mol. The molecule has 0 spiro atoms. The number of benzene rings is 1. The van der Waals surface area contributed by atoms with Crippen LogP contribution in [0.1, 0.15) is 43.0 Å². The van der Waals surface area contributed by atoms with Crippen LogP contribution >= 0.6 is 0 Å². The van der Waals surface area contributed by atoms with Crippen LogP contribution in [-0.4, -0.2) is 18.2 Å². The van der Waals surface area contributed by atoms with Crippen LogP contribution in [0.4, 0.5) is 4.79 Å². The second-order valence-electron chi connectivity index (χ2n) is 5.75. The molecule has 0 saturated heterocycles. The molecule has 1 aromatic rings. The van der Waals surface area contributed by atoms with Crippen LogP contribution in [0.5, 0.6) is 0 Å². The van der Waals surface area contributed by atoms with E-state index < -0.39 is 11.7 Å². The molecular weight excluding hydrogens is 264 g/mol. The van der Waals surface area contributed by atoms with E-state index in [-0.39, 0.29) is 6.54 Å². The van der Waals surface area contributed by atoms with E-state index in [1.165, 1.54) is 0 Å². The quantitative estimate of drug-likeness (QED) is 0.806. The molecule has 0 heterocycles. The highest BCUT2D eigenvalue weighted by molar-refractivity contribution is 5.68. The Bertz CT molecular complexity index is 614. The number of rotatable bonds is 1. The number of alkyl carbamates (subject to hydrolysis) is 1. The smallest absolute Gasteiger partial charge is 0.408 e. The molecule has 1 aromatic carbocycles. The van der Waals surface area contributed by atoms with Gasteiger partial charge in [-0.25, -0.2) is 4.79 Å². The lowest BCUT2D eigenvalue weighted by Crippen LogP contribution is -2.32. The number of nitrogens with one attached hydrogen (secondary N) is 1. The Morgan fingerprint density at radius 3 is 2.33 bits per heavy atom. The molecule has 4 heteroatoms. The summed E-state index contributed by atoms with van der Waals surface area (Å²) in [7, 11) is 0. The maximum Gasteiger partial charge on any atom is 0.408 e. The first-order valence-electron chi connectivity index (χ1n) is 6.70. The third kappa shape index (κ3) is 5.58. The highest BCUT2D eigenvalue weighted by atomic mass is 16.6. The van der Waals surface area contributed by atoms with Gasteiger partial charge < -0.3 is 10.1 Å². The van der Waals surface area contributed by atoms with E-state index in [9.17, 15) is 4.79 Å². The lowest BCUT2D eigenvalue weighted by atomic mass is 10.0. The van der Waals surface area contributed by atoms with E-state index >= 15 is 0 Å². The van der Waals surface area contributed by atoms with Gasteiger partial charge in [0.15, 0.2) is 0 Å². The molecular formula is C17H20N2O2. The normalized spacial score (nSPS) is 10.1. The molecule has 110 valence electrons. The zero-order chi connectivity index (χ0) is 16.0. The van der Waals surface area contributed by atoms with Crippen molar-refractivity contribution in [1.29, 1.82) is 5.26 Å².